The number of piperazine rings is 1. The Hall–Kier alpha value is -0.900. The molecule has 1 saturated heterocycles. The molecule has 2 fully saturated rings. The summed E-state index contributed by atoms with van der Waals surface area (Å²) in [5.41, 5.74) is 2.87. The van der Waals surface area contributed by atoms with Gasteiger partial charge in [0.05, 0.1) is 5.60 Å². The second kappa shape index (κ2) is 5.23. The van der Waals surface area contributed by atoms with E-state index in [1.54, 1.807) is 0 Å². The molecule has 19 heavy (non-hydrogen) atoms. The molecule has 3 heteroatoms. The number of ether oxygens (including phenoxy) is 1. The van der Waals surface area contributed by atoms with Gasteiger partial charge in [0.15, 0.2) is 0 Å². The fraction of sp³-hybridized carbons (Fsp3) is 0.625. The first kappa shape index (κ1) is 13.1. The standard InChI is InChI=1S/C16H24N2O/c1-13(18-11-9-17-10-12-18)14-5-3-4-6-15(14)16(19-2)7-8-16/h3-6,13,17H,7-12H2,1-2H3. The van der Waals surface area contributed by atoms with Gasteiger partial charge >= 0.3 is 0 Å². The molecule has 0 spiro atoms. The van der Waals surface area contributed by atoms with E-state index in [9.17, 15) is 0 Å². The molecule has 0 aromatic heterocycles. The molecule has 0 radical (unpaired) electrons. The first-order chi connectivity index (χ1) is 9.27. The Labute approximate surface area is 115 Å². The Bertz CT molecular complexity index is 436. The van der Waals surface area contributed by atoms with E-state index in [1.165, 1.54) is 11.1 Å². The average Bonchev–Trinajstić information content (AvgIpc) is 3.28. The van der Waals surface area contributed by atoms with Crippen molar-refractivity contribution in [3.05, 3.63) is 35.4 Å². The van der Waals surface area contributed by atoms with Gasteiger partial charge in [-0.1, -0.05) is 24.3 Å². The number of rotatable bonds is 4. The van der Waals surface area contributed by atoms with Crippen molar-refractivity contribution >= 4 is 0 Å². The quantitative estimate of drug-likeness (QED) is 0.899. The summed E-state index contributed by atoms with van der Waals surface area (Å²) in [6, 6.07) is 9.31. The van der Waals surface area contributed by atoms with Gasteiger partial charge in [-0.25, -0.2) is 0 Å². The van der Waals surface area contributed by atoms with E-state index in [0.717, 1.165) is 39.0 Å². The van der Waals surface area contributed by atoms with Gasteiger partial charge in [0.1, 0.15) is 0 Å². The van der Waals surface area contributed by atoms with Crippen LogP contribution in [0.5, 0.6) is 0 Å². The van der Waals surface area contributed by atoms with Gasteiger partial charge in [0, 0.05) is 39.3 Å². The summed E-state index contributed by atoms with van der Waals surface area (Å²) in [6.07, 6.45) is 2.32. The van der Waals surface area contributed by atoms with Gasteiger partial charge in [-0.05, 0) is 30.9 Å². The topological polar surface area (TPSA) is 24.5 Å². The Morgan fingerprint density at radius 1 is 1.21 bits per heavy atom. The SMILES string of the molecule is COC1(c2ccccc2C(C)N2CCNCC2)CC1. The molecule has 1 saturated carbocycles. The fourth-order valence-corrected chi connectivity index (χ4v) is 3.24. The minimum absolute atomic E-state index is 0.0128. The van der Waals surface area contributed by atoms with Crippen LogP contribution in [0.15, 0.2) is 24.3 Å². The molecular weight excluding hydrogens is 236 g/mol. The molecule has 104 valence electrons. The summed E-state index contributed by atoms with van der Waals surface area (Å²) < 4.78 is 5.78. The van der Waals surface area contributed by atoms with Crippen molar-refractivity contribution < 1.29 is 4.74 Å². The van der Waals surface area contributed by atoms with Crippen LogP contribution >= 0.6 is 0 Å². The van der Waals surface area contributed by atoms with Crippen LogP contribution in [0.1, 0.15) is 36.9 Å². The Balaban J connectivity index is 1.87. The van der Waals surface area contributed by atoms with Crippen molar-refractivity contribution in [1.82, 2.24) is 10.2 Å². The van der Waals surface area contributed by atoms with Gasteiger partial charge in [0.25, 0.3) is 0 Å². The van der Waals surface area contributed by atoms with Crippen LogP contribution in [0.25, 0.3) is 0 Å². The zero-order valence-corrected chi connectivity index (χ0v) is 12.0. The molecular formula is C16H24N2O. The van der Waals surface area contributed by atoms with Crippen molar-refractivity contribution in [2.24, 2.45) is 0 Å². The predicted octanol–water partition coefficient (Wildman–Crippen LogP) is 2.29. The lowest BCUT2D eigenvalue weighted by Crippen LogP contribution is -2.44. The molecule has 1 N–H and O–H groups in total. The summed E-state index contributed by atoms with van der Waals surface area (Å²) in [5, 5.41) is 3.42. The maximum Gasteiger partial charge on any atom is 0.0933 e. The first-order valence-corrected chi connectivity index (χ1v) is 7.36. The highest BCUT2D eigenvalue weighted by molar-refractivity contribution is 5.38. The smallest absolute Gasteiger partial charge is 0.0933 e. The molecule has 1 aliphatic heterocycles. The average molecular weight is 260 g/mol. The predicted molar refractivity (Wildman–Crippen MR) is 77.2 cm³/mol. The van der Waals surface area contributed by atoms with E-state index in [4.69, 9.17) is 4.74 Å². The van der Waals surface area contributed by atoms with E-state index in [-0.39, 0.29) is 5.60 Å². The third kappa shape index (κ3) is 2.42. The fourth-order valence-electron chi connectivity index (χ4n) is 3.24. The second-order valence-corrected chi connectivity index (χ2v) is 5.75. The lowest BCUT2D eigenvalue weighted by Gasteiger charge is -2.34. The highest BCUT2D eigenvalue weighted by Gasteiger charge is 2.46. The molecule has 1 unspecified atom stereocenters. The molecule has 1 aliphatic carbocycles. The van der Waals surface area contributed by atoms with Crippen molar-refractivity contribution in [3.63, 3.8) is 0 Å². The Morgan fingerprint density at radius 3 is 2.53 bits per heavy atom. The molecule has 1 heterocycles. The molecule has 0 bridgehead atoms. The third-order valence-electron chi connectivity index (χ3n) is 4.70. The normalized spacial score (nSPS) is 24.1. The van der Waals surface area contributed by atoms with Crippen LogP contribution in [0.2, 0.25) is 0 Å². The zero-order valence-electron chi connectivity index (χ0n) is 12.0. The maximum absolute atomic E-state index is 5.78. The van der Waals surface area contributed by atoms with Crippen molar-refractivity contribution in [2.45, 2.75) is 31.4 Å². The summed E-state index contributed by atoms with van der Waals surface area (Å²) in [6.45, 7) is 6.80. The molecule has 3 nitrogen and oxygen atoms in total. The van der Waals surface area contributed by atoms with Crippen molar-refractivity contribution in [2.75, 3.05) is 33.3 Å². The monoisotopic (exact) mass is 260 g/mol. The summed E-state index contributed by atoms with van der Waals surface area (Å²) >= 11 is 0. The maximum atomic E-state index is 5.78. The van der Waals surface area contributed by atoms with Gasteiger partial charge in [-0.15, -0.1) is 0 Å². The van der Waals surface area contributed by atoms with E-state index in [0.29, 0.717) is 6.04 Å². The highest BCUT2D eigenvalue weighted by atomic mass is 16.5. The van der Waals surface area contributed by atoms with Crippen LogP contribution in [0, 0.1) is 0 Å². The first-order valence-electron chi connectivity index (χ1n) is 7.36. The largest absolute Gasteiger partial charge is 0.374 e. The number of nitrogens with one attached hydrogen (secondary N) is 1. The molecule has 1 aromatic carbocycles. The number of benzene rings is 1. The minimum atomic E-state index is 0.0128. The summed E-state index contributed by atoms with van der Waals surface area (Å²) in [5.74, 6) is 0. The van der Waals surface area contributed by atoms with Crippen LogP contribution < -0.4 is 5.32 Å². The van der Waals surface area contributed by atoms with Gasteiger partial charge in [-0.3, -0.25) is 4.90 Å². The summed E-state index contributed by atoms with van der Waals surface area (Å²) in [4.78, 5) is 2.57. The number of methoxy groups -OCH3 is 1. The second-order valence-electron chi connectivity index (χ2n) is 5.75. The number of hydrogen-bond acceptors (Lipinski definition) is 3. The zero-order chi connectivity index (χ0) is 13.3. The number of hydrogen-bond donors (Lipinski definition) is 1. The van der Waals surface area contributed by atoms with Gasteiger partial charge < -0.3 is 10.1 Å². The number of nitrogens with zero attached hydrogens (tertiary/aromatic N) is 1. The van der Waals surface area contributed by atoms with E-state index < -0.39 is 0 Å². The van der Waals surface area contributed by atoms with E-state index >= 15 is 0 Å². The molecule has 1 atom stereocenters. The van der Waals surface area contributed by atoms with Crippen LogP contribution in [0.3, 0.4) is 0 Å². The minimum Gasteiger partial charge on any atom is -0.374 e. The van der Waals surface area contributed by atoms with Crippen molar-refractivity contribution in [1.29, 1.82) is 0 Å². The summed E-state index contributed by atoms with van der Waals surface area (Å²) in [7, 11) is 1.85. The molecule has 0 amide bonds. The van der Waals surface area contributed by atoms with Gasteiger partial charge in [0.2, 0.25) is 0 Å². The lowest BCUT2D eigenvalue weighted by molar-refractivity contribution is 0.0759. The molecule has 3 rings (SSSR count). The third-order valence-corrected chi connectivity index (χ3v) is 4.70. The van der Waals surface area contributed by atoms with E-state index in [1.807, 2.05) is 7.11 Å². The van der Waals surface area contributed by atoms with Crippen LogP contribution in [-0.2, 0) is 10.3 Å². The lowest BCUT2D eigenvalue weighted by atomic mass is 9.94. The van der Waals surface area contributed by atoms with Crippen molar-refractivity contribution in [3.8, 4) is 0 Å². The van der Waals surface area contributed by atoms with Crippen LogP contribution in [0.4, 0.5) is 0 Å². The van der Waals surface area contributed by atoms with Crippen LogP contribution in [-0.4, -0.2) is 38.2 Å². The Kier molecular flexibility index (Phi) is 3.61. The Morgan fingerprint density at radius 2 is 1.89 bits per heavy atom. The van der Waals surface area contributed by atoms with Gasteiger partial charge in [-0.2, -0.15) is 0 Å². The molecule has 1 aromatic rings. The highest BCUT2D eigenvalue weighted by Crippen LogP contribution is 2.51. The molecule has 2 aliphatic rings. The van der Waals surface area contributed by atoms with E-state index in [2.05, 4.69) is 41.4 Å².